The van der Waals surface area contributed by atoms with E-state index in [0.717, 1.165) is 29.8 Å². The Bertz CT molecular complexity index is 1450. The van der Waals surface area contributed by atoms with Crippen LogP contribution < -0.4 is 5.56 Å². The van der Waals surface area contributed by atoms with Crippen molar-refractivity contribution in [2.24, 2.45) is 0 Å². The van der Waals surface area contributed by atoms with E-state index >= 15 is 0 Å². The number of carbonyl (C=O) groups excluding carboxylic acids is 1. The normalized spacial score (nSPS) is 11.4. The largest absolute Gasteiger partial charge is 0.342 e. The molecule has 0 aliphatic carbocycles. The van der Waals surface area contributed by atoms with E-state index in [4.69, 9.17) is 16.7 Å². The fourth-order valence-electron chi connectivity index (χ4n) is 4.34. The van der Waals surface area contributed by atoms with Crippen molar-refractivity contribution in [3.8, 4) is 16.9 Å². The molecule has 35 heavy (non-hydrogen) atoms. The first-order chi connectivity index (χ1) is 16.7. The second-order valence-corrected chi connectivity index (χ2v) is 10.1. The first-order valence-electron chi connectivity index (χ1n) is 11.9. The van der Waals surface area contributed by atoms with Gasteiger partial charge in [0.1, 0.15) is 5.69 Å². The molecule has 0 saturated heterocycles. The van der Waals surface area contributed by atoms with Gasteiger partial charge in [0.05, 0.1) is 23.4 Å². The first-order valence-corrected chi connectivity index (χ1v) is 13.1. The van der Waals surface area contributed by atoms with Crippen LogP contribution in [0.15, 0.2) is 34.4 Å². The van der Waals surface area contributed by atoms with Gasteiger partial charge in [-0.05, 0) is 57.4 Å². The number of benzene rings is 1. The van der Waals surface area contributed by atoms with Crippen molar-refractivity contribution in [3.05, 3.63) is 67.7 Å². The third-order valence-electron chi connectivity index (χ3n) is 6.04. The average Bonchev–Trinajstić information content (AvgIpc) is 3.38. The third-order valence-corrected chi connectivity index (χ3v) is 7.15. The second-order valence-electron chi connectivity index (χ2n) is 8.79. The number of amides is 1. The van der Waals surface area contributed by atoms with Crippen LogP contribution in [0.5, 0.6) is 0 Å². The van der Waals surface area contributed by atoms with Crippen LogP contribution in [0.3, 0.4) is 0 Å². The van der Waals surface area contributed by atoms with Gasteiger partial charge in [-0.1, -0.05) is 31.5 Å². The molecular formula is C26H30ClN5O2S. The molecule has 0 atom stereocenters. The third kappa shape index (κ3) is 4.90. The summed E-state index contributed by atoms with van der Waals surface area (Å²) in [5.74, 6) is 0.0268. The molecule has 0 N–H and O–H groups in total. The van der Waals surface area contributed by atoms with Crippen molar-refractivity contribution in [2.45, 2.75) is 53.9 Å². The highest BCUT2D eigenvalue weighted by Crippen LogP contribution is 2.26. The maximum atomic E-state index is 13.7. The van der Waals surface area contributed by atoms with Crippen LogP contribution in [0.4, 0.5) is 0 Å². The monoisotopic (exact) mass is 511 g/mol. The number of aromatic nitrogens is 4. The molecule has 3 aromatic heterocycles. The minimum absolute atomic E-state index is 0.0268. The van der Waals surface area contributed by atoms with E-state index in [9.17, 15) is 9.59 Å². The van der Waals surface area contributed by atoms with Crippen LogP contribution in [0.2, 0.25) is 5.02 Å². The van der Waals surface area contributed by atoms with Crippen LogP contribution in [-0.2, 0) is 11.2 Å². The number of aryl methyl sites for hydroxylation is 3. The van der Waals surface area contributed by atoms with Crippen molar-refractivity contribution < 1.29 is 4.79 Å². The van der Waals surface area contributed by atoms with Crippen LogP contribution in [0, 0.1) is 20.8 Å². The van der Waals surface area contributed by atoms with Crippen molar-refractivity contribution in [2.75, 3.05) is 13.1 Å². The Morgan fingerprint density at radius 2 is 1.83 bits per heavy atom. The Labute approximate surface area is 214 Å². The van der Waals surface area contributed by atoms with E-state index < -0.39 is 0 Å². The predicted molar refractivity (Wildman–Crippen MR) is 142 cm³/mol. The molecule has 0 bridgehead atoms. The summed E-state index contributed by atoms with van der Waals surface area (Å²) < 4.78 is 3.37. The number of halogens is 1. The van der Waals surface area contributed by atoms with Gasteiger partial charge in [0.15, 0.2) is 4.96 Å². The highest BCUT2D eigenvalue weighted by Gasteiger charge is 2.21. The Hall–Kier alpha value is -2.97. The first kappa shape index (κ1) is 25.1. The Morgan fingerprint density at radius 1 is 1.11 bits per heavy atom. The van der Waals surface area contributed by atoms with Gasteiger partial charge in [0.25, 0.3) is 5.56 Å². The molecule has 1 aromatic carbocycles. The van der Waals surface area contributed by atoms with Gasteiger partial charge in [0, 0.05) is 34.9 Å². The Kier molecular flexibility index (Phi) is 7.42. The SMILES string of the molecule is CCCN(CCC)C(=O)Cc1csc2nc(C)c(-c3cc(C)n(-c4cc(Cl)ccc4C)n3)c(=O)n12. The summed E-state index contributed by atoms with van der Waals surface area (Å²) in [7, 11) is 0. The summed E-state index contributed by atoms with van der Waals surface area (Å²) in [5.41, 5.74) is 4.82. The van der Waals surface area contributed by atoms with E-state index in [1.807, 2.05) is 55.3 Å². The molecule has 0 unspecified atom stereocenters. The lowest BCUT2D eigenvalue weighted by Gasteiger charge is -2.21. The summed E-state index contributed by atoms with van der Waals surface area (Å²) in [6, 6.07) is 7.54. The van der Waals surface area contributed by atoms with E-state index in [1.165, 1.54) is 11.3 Å². The number of nitrogens with zero attached hydrogens (tertiary/aromatic N) is 5. The molecule has 0 radical (unpaired) electrons. The fourth-order valence-corrected chi connectivity index (χ4v) is 5.43. The maximum absolute atomic E-state index is 13.7. The zero-order valence-corrected chi connectivity index (χ0v) is 22.3. The lowest BCUT2D eigenvalue weighted by Crippen LogP contribution is -2.34. The van der Waals surface area contributed by atoms with E-state index in [0.29, 0.717) is 45.7 Å². The van der Waals surface area contributed by atoms with Gasteiger partial charge in [-0.3, -0.25) is 14.0 Å². The maximum Gasteiger partial charge on any atom is 0.268 e. The topological polar surface area (TPSA) is 72.5 Å². The predicted octanol–water partition coefficient (Wildman–Crippen LogP) is 5.38. The number of hydrogen-bond donors (Lipinski definition) is 0. The molecule has 0 saturated carbocycles. The van der Waals surface area contributed by atoms with E-state index in [1.54, 1.807) is 9.08 Å². The quantitative estimate of drug-likeness (QED) is 0.318. The summed E-state index contributed by atoms with van der Waals surface area (Å²) >= 11 is 7.61. The van der Waals surface area contributed by atoms with Crippen LogP contribution >= 0.6 is 22.9 Å². The minimum atomic E-state index is -0.207. The van der Waals surface area contributed by atoms with Crippen molar-refractivity contribution in [1.29, 1.82) is 0 Å². The van der Waals surface area contributed by atoms with Crippen molar-refractivity contribution in [1.82, 2.24) is 24.1 Å². The Balaban J connectivity index is 1.78. The lowest BCUT2D eigenvalue weighted by atomic mass is 10.1. The van der Waals surface area contributed by atoms with E-state index in [2.05, 4.69) is 18.8 Å². The van der Waals surface area contributed by atoms with Crippen LogP contribution in [-0.4, -0.2) is 43.1 Å². The highest BCUT2D eigenvalue weighted by atomic mass is 35.5. The minimum Gasteiger partial charge on any atom is -0.342 e. The molecule has 7 nitrogen and oxygen atoms in total. The molecule has 1 amide bonds. The molecule has 0 fully saturated rings. The highest BCUT2D eigenvalue weighted by molar-refractivity contribution is 7.15. The summed E-state index contributed by atoms with van der Waals surface area (Å²) in [6.45, 7) is 11.3. The average molecular weight is 512 g/mol. The summed E-state index contributed by atoms with van der Waals surface area (Å²) in [5, 5.41) is 7.25. The smallest absolute Gasteiger partial charge is 0.268 e. The number of hydrogen-bond acceptors (Lipinski definition) is 5. The van der Waals surface area contributed by atoms with Gasteiger partial charge < -0.3 is 4.90 Å². The summed E-state index contributed by atoms with van der Waals surface area (Å²) in [6.07, 6.45) is 1.96. The molecular weight excluding hydrogens is 482 g/mol. The molecule has 0 aliphatic heterocycles. The molecule has 3 heterocycles. The van der Waals surface area contributed by atoms with Gasteiger partial charge >= 0.3 is 0 Å². The standard InChI is InChI=1S/C26H30ClN5O2S/c1-6-10-30(11-7-2)23(33)14-20-15-35-26-28-18(5)24(25(34)31(20)26)21-12-17(4)32(29-21)22-13-19(27)9-8-16(22)3/h8-9,12-13,15H,6-7,10-11,14H2,1-5H3. The molecule has 9 heteroatoms. The number of carbonyl (C=O) groups is 1. The van der Waals surface area contributed by atoms with Gasteiger partial charge in [-0.15, -0.1) is 11.3 Å². The molecule has 0 aliphatic rings. The van der Waals surface area contributed by atoms with Gasteiger partial charge in [0.2, 0.25) is 5.91 Å². The van der Waals surface area contributed by atoms with E-state index in [-0.39, 0.29) is 17.9 Å². The zero-order chi connectivity index (χ0) is 25.3. The molecule has 184 valence electrons. The number of fused-ring (bicyclic) bond motifs is 1. The zero-order valence-electron chi connectivity index (χ0n) is 20.8. The molecule has 0 spiro atoms. The second kappa shape index (κ2) is 10.3. The molecule has 4 rings (SSSR count). The van der Waals surface area contributed by atoms with Crippen molar-refractivity contribution >= 4 is 33.8 Å². The fraction of sp³-hybridized carbons (Fsp3) is 0.385. The number of rotatable bonds is 8. The Morgan fingerprint density at radius 3 is 2.51 bits per heavy atom. The molecule has 4 aromatic rings. The lowest BCUT2D eigenvalue weighted by molar-refractivity contribution is -0.130. The van der Waals surface area contributed by atoms with Gasteiger partial charge in [-0.2, -0.15) is 5.10 Å². The van der Waals surface area contributed by atoms with Crippen molar-refractivity contribution in [3.63, 3.8) is 0 Å². The van der Waals surface area contributed by atoms with Crippen LogP contribution in [0.1, 0.15) is 49.3 Å². The van der Waals surface area contributed by atoms with Crippen LogP contribution in [0.25, 0.3) is 21.9 Å². The van der Waals surface area contributed by atoms with Gasteiger partial charge in [-0.25, -0.2) is 9.67 Å². The summed E-state index contributed by atoms with van der Waals surface area (Å²) in [4.78, 5) is 33.9. The number of thiazole rings is 1.